The van der Waals surface area contributed by atoms with Crippen molar-refractivity contribution in [3.8, 4) is 0 Å². The van der Waals surface area contributed by atoms with Crippen LogP contribution in [0.25, 0.3) is 0 Å². The third-order valence-corrected chi connectivity index (χ3v) is 2.48. The molecule has 0 amide bonds. The molecule has 1 aliphatic rings. The first-order chi connectivity index (χ1) is 7.13. The highest BCUT2D eigenvalue weighted by Gasteiger charge is 2.30. The molecule has 1 aromatic heterocycles. The molecule has 5 heteroatoms. The van der Waals surface area contributed by atoms with Gasteiger partial charge in [0.2, 0.25) is 0 Å². The molecule has 1 aliphatic carbocycles. The molecule has 0 radical (unpaired) electrons. The standard InChI is InChI=1S/C10H12N2O3/c1-3-15-10(14)9-7-4-6(13)5-8(7)12(2)11-9/h3-5H2,1-2H3. The zero-order valence-corrected chi connectivity index (χ0v) is 8.74. The molecular weight excluding hydrogens is 196 g/mol. The molecule has 0 N–H and O–H groups in total. The first kappa shape index (κ1) is 9.89. The molecule has 0 aliphatic heterocycles. The van der Waals surface area contributed by atoms with E-state index in [4.69, 9.17) is 4.74 Å². The van der Waals surface area contributed by atoms with E-state index < -0.39 is 5.97 Å². The Bertz CT molecular complexity index is 434. The molecule has 0 spiro atoms. The lowest BCUT2D eigenvalue weighted by Gasteiger charge is -1.98. The molecule has 5 nitrogen and oxygen atoms in total. The zero-order chi connectivity index (χ0) is 11.0. The second kappa shape index (κ2) is 3.49. The Morgan fingerprint density at radius 1 is 1.53 bits per heavy atom. The second-order valence-corrected chi connectivity index (χ2v) is 3.51. The number of fused-ring (bicyclic) bond motifs is 1. The topological polar surface area (TPSA) is 61.2 Å². The van der Waals surface area contributed by atoms with Crippen LogP contribution < -0.4 is 0 Å². The average Bonchev–Trinajstić information content (AvgIpc) is 2.67. The van der Waals surface area contributed by atoms with Gasteiger partial charge in [-0.1, -0.05) is 0 Å². The summed E-state index contributed by atoms with van der Waals surface area (Å²) in [5.74, 6) is -0.312. The summed E-state index contributed by atoms with van der Waals surface area (Å²) in [5.41, 5.74) is 1.87. The minimum Gasteiger partial charge on any atom is -0.461 e. The van der Waals surface area contributed by atoms with Crippen molar-refractivity contribution in [3.63, 3.8) is 0 Å². The van der Waals surface area contributed by atoms with Crippen LogP contribution in [-0.4, -0.2) is 28.1 Å². The van der Waals surface area contributed by atoms with Gasteiger partial charge >= 0.3 is 5.97 Å². The summed E-state index contributed by atoms with van der Waals surface area (Å²) in [5, 5.41) is 4.08. The average molecular weight is 208 g/mol. The highest BCUT2D eigenvalue weighted by Crippen LogP contribution is 2.23. The monoisotopic (exact) mass is 208 g/mol. The van der Waals surface area contributed by atoms with Crippen LogP contribution in [0.3, 0.4) is 0 Å². The molecule has 0 atom stereocenters. The zero-order valence-electron chi connectivity index (χ0n) is 8.74. The van der Waals surface area contributed by atoms with Gasteiger partial charge in [0, 0.05) is 31.1 Å². The fourth-order valence-electron chi connectivity index (χ4n) is 1.82. The van der Waals surface area contributed by atoms with Crippen molar-refractivity contribution in [2.75, 3.05) is 6.61 Å². The summed E-state index contributed by atoms with van der Waals surface area (Å²) in [4.78, 5) is 22.8. The van der Waals surface area contributed by atoms with E-state index in [1.807, 2.05) is 0 Å². The number of rotatable bonds is 2. The molecule has 0 aromatic carbocycles. The van der Waals surface area contributed by atoms with Crippen molar-refractivity contribution in [1.82, 2.24) is 9.78 Å². The number of aryl methyl sites for hydroxylation is 1. The van der Waals surface area contributed by atoms with E-state index in [0.717, 1.165) is 11.3 Å². The van der Waals surface area contributed by atoms with Gasteiger partial charge in [0.15, 0.2) is 5.69 Å². The van der Waals surface area contributed by atoms with Gasteiger partial charge in [-0.3, -0.25) is 9.48 Å². The minimum absolute atomic E-state index is 0.128. The lowest BCUT2D eigenvalue weighted by atomic mass is 10.2. The molecule has 1 aromatic rings. The smallest absolute Gasteiger partial charge is 0.359 e. The molecule has 1 heterocycles. The number of hydrogen-bond donors (Lipinski definition) is 0. The molecule has 0 fully saturated rings. The molecule has 0 unspecified atom stereocenters. The highest BCUT2D eigenvalue weighted by atomic mass is 16.5. The fraction of sp³-hybridized carbons (Fsp3) is 0.500. The summed E-state index contributed by atoms with van der Waals surface area (Å²) in [6.07, 6.45) is 0.676. The van der Waals surface area contributed by atoms with Crippen LogP contribution in [0.15, 0.2) is 0 Å². The summed E-state index contributed by atoms with van der Waals surface area (Å²) < 4.78 is 6.47. The van der Waals surface area contributed by atoms with Gasteiger partial charge in [-0.25, -0.2) is 4.79 Å². The number of hydrogen-bond acceptors (Lipinski definition) is 4. The first-order valence-electron chi connectivity index (χ1n) is 4.87. The normalized spacial score (nSPS) is 14.1. The molecule has 80 valence electrons. The molecular formula is C10H12N2O3. The predicted molar refractivity (Wildman–Crippen MR) is 51.6 cm³/mol. The van der Waals surface area contributed by atoms with Crippen LogP contribution in [0.1, 0.15) is 28.7 Å². The van der Waals surface area contributed by atoms with Crippen LogP contribution in [0.2, 0.25) is 0 Å². The Balaban J connectivity index is 2.39. The summed E-state index contributed by atoms with van der Waals surface area (Å²) in [6, 6.07) is 0. The predicted octanol–water partition coefficient (Wildman–Crippen LogP) is 0.264. The highest BCUT2D eigenvalue weighted by molar-refractivity contribution is 5.95. The minimum atomic E-state index is -0.441. The van der Waals surface area contributed by atoms with Crippen LogP contribution in [0.4, 0.5) is 0 Å². The van der Waals surface area contributed by atoms with Gasteiger partial charge in [0.25, 0.3) is 0 Å². The van der Waals surface area contributed by atoms with Crippen molar-refractivity contribution >= 4 is 11.8 Å². The van der Waals surface area contributed by atoms with Crippen LogP contribution in [0, 0.1) is 0 Å². The van der Waals surface area contributed by atoms with Crippen LogP contribution in [-0.2, 0) is 29.4 Å². The second-order valence-electron chi connectivity index (χ2n) is 3.51. The van der Waals surface area contributed by atoms with Gasteiger partial charge in [0.05, 0.1) is 6.61 Å². The number of ether oxygens (including phenoxy) is 1. The van der Waals surface area contributed by atoms with E-state index in [2.05, 4.69) is 5.10 Å². The van der Waals surface area contributed by atoms with Crippen molar-refractivity contribution in [1.29, 1.82) is 0 Å². The fourth-order valence-corrected chi connectivity index (χ4v) is 1.82. The summed E-state index contributed by atoms with van der Waals surface area (Å²) in [7, 11) is 1.74. The third-order valence-electron chi connectivity index (χ3n) is 2.48. The summed E-state index contributed by atoms with van der Waals surface area (Å²) >= 11 is 0. The Morgan fingerprint density at radius 2 is 2.27 bits per heavy atom. The maximum atomic E-state index is 11.5. The van der Waals surface area contributed by atoms with E-state index in [9.17, 15) is 9.59 Å². The SMILES string of the molecule is CCOC(=O)c1nn(C)c2c1CC(=O)C2. The van der Waals surface area contributed by atoms with Gasteiger partial charge in [0.1, 0.15) is 5.78 Å². The van der Waals surface area contributed by atoms with Crippen LogP contribution in [0.5, 0.6) is 0 Å². The quantitative estimate of drug-likeness (QED) is 0.654. The number of nitrogens with zero attached hydrogens (tertiary/aromatic N) is 2. The van der Waals surface area contributed by atoms with E-state index in [1.165, 1.54) is 0 Å². The van der Waals surface area contributed by atoms with Crippen molar-refractivity contribution in [3.05, 3.63) is 17.0 Å². The van der Waals surface area contributed by atoms with Crippen LogP contribution >= 0.6 is 0 Å². The number of esters is 1. The third kappa shape index (κ3) is 1.54. The Kier molecular flexibility index (Phi) is 2.30. The largest absolute Gasteiger partial charge is 0.461 e. The van der Waals surface area contributed by atoms with Gasteiger partial charge in [-0.05, 0) is 6.92 Å². The lowest BCUT2D eigenvalue weighted by molar-refractivity contribution is -0.117. The number of carbonyl (C=O) groups is 2. The Labute approximate surface area is 87.0 Å². The number of carbonyl (C=O) groups excluding carboxylic acids is 2. The van der Waals surface area contributed by atoms with Gasteiger partial charge < -0.3 is 4.74 Å². The maximum absolute atomic E-state index is 11.5. The number of ketones is 1. The molecule has 0 saturated carbocycles. The van der Waals surface area contributed by atoms with Crippen molar-refractivity contribution in [2.45, 2.75) is 19.8 Å². The first-order valence-corrected chi connectivity index (χ1v) is 4.87. The number of Topliss-reactive ketones (excluding diaryl/α,β-unsaturated/α-hetero) is 1. The molecule has 0 bridgehead atoms. The van der Waals surface area contributed by atoms with E-state index in [0.29, 0.717) is 25.1 Å². The van der Waals surface area contributed by atoms with Gasteiger partial charge in [-0.15, -0.1) is 0 Å². The van der Waals surface area contributed by atoms with E-state index in [-0.39, 0.29) is 5.78 Å². The van der Waals surface area contributed by atoms with Crippen molar-refractivity contribution < 1.29 is 14.3 Å². The van der Waals surface area contributed by atoms with Crippen molar-refractivity contribution in [2.24, 2.45) is 7.05 Å². The van der Waals surface area contributed by atoms with Gasteiger partial charge in [-0.2, -0.15) is 5.10 Å². The Morgan fingerprint density at radius 3 is 2.93 bits per heavy atom. The molecule has 15 heavy (non-hydrogen) atoms. The van der Waals surface area contributed by atoms with E-state index >= 15 is 0 Å². The summed E-state index contributed by atoms with van der Waals surface area (Å²) in [6.45, 7) is 2.06. The maximum Gasteiger partial charge on any atom is 0.359 e. The molecule has 2 rings (SSSR count). The Hall–Kier alpha value is -1.65. The number of aromatic nitrogens is 2. The van der Waals surface area contributed by atoms with E-state index in [1.54, 1.807) is 18.7 Å². The lowest BCUT2D eigenvalue weighted by Crippen LogP contribution is -2.10. The molecule has 0 saturated heterocycles.